The molecule has 0 aliphatic carbocycles. The summed E-state index contributed by atoms with van der Waals surface area (Å²) < 4.78 is 6.90. The van der Waals surface area contributed by atoms with Gasteiger partial charge in [0, 0.05) is 10.6 Å². The van der Waals surface area contributed by atoms with Crippen LogP contribution in [0.5, 0.6) is 5.75 Å². The summed E-state index contributed by atoms with van der Waals surface area (Å²) in [5, 5.41) is 14.5. The molecule has 0 saturated heterocycles. The number of rotatable bonds is 4. The molecule has 25 heavy (non-hydrogen) atoms. The Morgan fingerprint density at radius 2 is 1.92 bits per heavy atom. The van der Waals surface area contributed by atoms with Gasteiger partial charge in [0.15, 0.2) is 5.82 Å². The van der Waals surface area contributed by atoms with Crippen LogP contribution in [0.15, 0.2) is 48.5 Å². The molecule has 2 aromatic carbocycles. The molecular weight excluding hydrogens is 356 g/mol. The van der Waals surface area contributed by atoms with Crippen LogP contribution < -0.4 is 4.74 Å². The van der Waals surface area contributed by atoms with E-state index in [-0.39, 0.29) is 0 Å². The molecule has 0 spiro atoms. The molecule has 0 amide bonds. The molecule has 2 heterocycles. The van der Waals surface area contributed by atoms with E-state index in [1.807, 2.05) is 60.7 Å². The average molecular weight is 369 g/mol. The van der Waals surface area contributed by atoms with Crippen molar-refractivity contribution in [1.82, 2.24) is 19.8 Å². The number of halogens is 1. The van der Waals surface area contributed by atoms with Crippen LogP contribution in [0, 0.1) is 0 Å². The first kappa shape index (κ1) is 15.8. The minimum Gasteiger partial charge on any atom is -0.497 e. The zero-order valence-electron chi connectivity index (χ0n) is 13.3. The number of hydrogen-bond acceptors (Lipinski definition) is 5. The third-order valence-electron chi connectivity index (χ3n) is 3.62. The fraction of sp³-hybridized carbons (Fsp3) is 0.0556. The van der Waals surface area contributed by atoms with E-state index in [1.54, 1.807) is 11.6 Å². The second-order valence-corrected chi connectivity index (χ2v) is 6.70. The molecule has 124 valence electrons. The highest BCUT2D eigenvalue weighted by Crippen LogP contribution is 2.24. The van der Waals surface area contributed by atoms with E-state index in [4.69, 9.17) is 16.3 Å². The molecular formula is C18H13ClN4OS. The summed E-state index contributed by atoms with van der Waals surface area (Å²) in [4.78, 5) is 0.740. The zero-order valence-corrected chi connectivity index (χ0v) is 14.8. The predicted octanol–water partition coefficient (Wildman–Crippen LogP) is 4.69. The summed E-state index contributed by atoms with van der Waals surface area (Å²) in [7, 11) is 1.65. The molecule has 0 atom stereocenters. The molecule has 2 aromatic heterocycles. The first-order chi connectivity index (χ1) is 12.2. The Bertz CT molecular complexity index is 1050. The molecule has 7 heteroatoms. The largest absolute Gasteiger partial charge is 0.497 e. The fourth-order valence-electron chi connectivity index (χ4n) is 2.39. The number of fused-ring (bicyclic) bond motifs is 1. The average Bonchev–Trinajstić information content (AvgIpc) is 3.20. The van der Waals surface area contributed by atoms with Gasteiger partial charge in [0.2, 0.25) is 4.96 Å². The maximum absolute atomic E-state index is 6.06. The van der Waals surface area contributed by atoms with Crippen LogP contribution in [0.2, 0.25) is 5.02 Å². The highest BCUT2D eigenvalue weighted by molar-refractivity contribution is 7.17. The molecule has 0 radical (unpaired) electrons. The zero-order chi connectivity index (χ0) is 17.2. The Hall–Kier alpha value is -2.70. The summed E-state index contributed by atoms with van der Waals surface area (Å²) in [6, 6.07) is 15.3. The second kappa shape index (κ2) is 6.66. The number of benzene rings is 2. The Labute approximate surface area is 153 Å². The van der Waals surface area contributed by atoms with Crippen LogP contribution in [0.3, 0.4) is 0 Å². The van der Waals surface area contributed by atoms with Crippen molar-refractivity contribution < 1.29 is 4.74 Å². The van der Waals surface area contributed by atoms with Gasteiger partial charge < -0.3 is 4.74 Å². The van der Waals surface area contributed by atoms with Crippen molar-refractivity contribution in [3.05, 3.63) is 64.1 Å². The molecule has 0 saturated carbocycles. The molecule has 0 aliphatic heterocycles. The lowest BCUT2D eigenvalue weighted by atomic mass is 10.2. The topological polar surface area (TPSA) is 52.3 Å². The van der Waals surface area contributed by atoms with Gasteiger partial charge in [0.05, 0.1) is 7.11 Å². The lowest BCUT2D eigenvalue weighted by Crippen LogP contribution is -1.90. The molecule has 0 bridgehead atoms. The van der Waals surface area contributed by atoms with Gasteiger partial charge in [-0.1, -0.05) is 53.3 Å². The highest BCUT2D eigenvalue weighted by Gasteiger charge is 2.12. The Balaban J connectivity index is 1.64. The SMILES string of the molecule is COc1ccc(/C=C/c2nn3c(-c4cccc(Cl)c4)nnc3s2)cc1. The van der Waals surface area contributed by atoms with E-state index >= 15 is 0 Å². The van der Waals surface area contributed by atoms with E-state index < -0.39 is 0 Å². The number of nitrogens with zero attached hydrogens (tertiary/aromatic N) is 4. The molecule has 0 aliphatic rings. The van der Waals surface area contributed by atoms with Crippen molar-refractivity contribution in [2.45, 2.75) is 0 Å². The summed E-state index contributed by atoms with van der Waals surface area (Å²) >= 11 is 7.54. The minimum absolute atomic E-state index is 0.657. The molecule has 0 N–H and O–H groups in total. The van der Waals surface area contributed by atoms with Crippen LogP contribution in [0.4, 0.5) is 0 Å². The van der Waals surface area contributed by atoms with Crippen LogP contribution in [-0.4, -0.2) is 26.9 Å². The summed E-state index contributed by atoms with van der Waals surface area (Å²) in [6.45, 7) is 0. The van der Waals surface area contributed by atoms with Crippen LogP contribution in [0.25, 0.3) is 28.5 Å². The van der Waals surface area contributed by atoms with Gasteiger partial charge >= 0.3 is 0 Å². The van der Waals surface area contributed by atoms with Crippen LogP contribution >= 0.6 is 22.9 Å². The number of hydrogen-bond donors (Lipinski definition) is 0. The number of ether oxygens (including phenoxy) is 1. The van der Waals surface area contributed by atoms with Gasteiger partial charge in [-0.05, 0) is 35.9 Å². The number of aromatic nitrogens is 4. The van der Waals surface area contributed by atoms with Crippen molar-refractivity contribution in [2.75, 3.05) is 7.11 Å². The van der Waals surface area contributed by atoms with Gasteiger partial charge in [-0.15, -0.1) is 10.2 Å². The predicted molar refractivity (Wildman–Crippen MR) is 101 cm³/mol. The van der Waals surface area contributed by atoms with Gasteiger partial charge in [-0.25, -0.2) is 0 Å². The first-order valence-corrected chi connectivity index (χ1v) is 8.73. The van der Waals surface area contributed by atoms with Crippen molar-refractivity contribution in [3.63, 3.8) is 0 Å². The maximum Gasteiger partial charge on any atom is 0.235 e. The van der Waals surface area contributed by atoms with Crippen molar-refractivity contribution in [3.8, 4) is 17.1 Å². The minimum atomic E-state index is 0.657. The van der Waals surface area contributed by atoms with E-state index in [1.165, 1.54) is 11.3 Å². The van der Waals surface area contributed by atoms with Crippen LogP contribution in [-0.2, 0) is 0 Å². The fourth-order valence-corrected chi connectivity index (χ4v) is 3.32. The molecule has 4 aromatic rings. The van der Waals surface area contributed by atoms with Crippen molar-refractivity contribution in [2.24, 2.45) is 0 Å². The second-order valence-electron chi connectivity index (χ2n) is 5.28. The normalized spacial score (nSPS) is 11.4. The Morgan fingerprint density at radius 3 is 2.68 bits per heavy atom. The Kier molecular flexibility index (Phi) is 4.21. The lowest BCUT2D eigenvalue weighted by molar-refractivity contribution is 0.415. The van der Waals surface area contributed by atoms with Crippen molar-refractivity contribution in [1.29, 1.82) is 0 Å². The van der Waals surface area contributed by atoms with Gasteiger partial charge in [0.25, 0.3) is 0 Å². The summed E-state index contributed by atoms with van der Waals surface area (Å²) in [5.74, 6) is 1.51. The quantitative estimate of drug-likeness (QED) is 0.524. The van der Waals surface area contributed by atoms with Gasteiger partial charge in [0.1, 0.15) is 10.8 Å². The van der Waals surface area contributed by atoms with E-state index in [9.17, 15) is 0 Å². The van der Waals surface area contributed by atoms with Crippen LogP contribution in [0.1, 0.15) is 10.6 Å². The number of methoxy groups -OCH3 is 1. The summed E-state index contributed by atoms with van der Waals surface area (Å²) in [5.41, 5.74) is 1.96. The lowest BCUT2D eigenvalue weighted by Gasteiger charge is -1.98. The standard InChI is InChI=1S/C18H13ClN4OS/c1-24-15-8-5-12(6-9-15)7-10-16-22-23-17(20-21-18(23)25-16)13-3-2-4-14(19)11-13/h2-11H,1H3/b10-7+. The third-order valence-corrected chi connectivity index (χ3v) is 4.72. The van der Waals surface area contributed by atoms with E-state index in [0.29, 0.717) is 10.8 Å². The van der Waals surface area contributed by atoms with E-state index in [0.717, 1.165) is 26.8 Å². The molecule has 4 rings (SSSR count). The van der Waals surface area contributed by atoms with Gasteiger partial charge in [-0.3, -0.25) is 0 Å². The molecule has 0 unspecified atom stereocenters. The smallest absolute Gasteiger partial charge is 0.235 e. The molecule has 5 nitrogen and oxygen atoms in total. The highest BCUT2D eigenvalue weighted by atomic mass is 35.5. The third kappa shape index (κ3) is 3.26. The van der Waals surface area contributed by atoms with Crippen molar-refractivity contribution >= 4 is 40.1 Å². The Morgan fingerprint density at radius 1 is 1.08 bits per heavy atom. The maximum atomic E-state index is 6.06. The van der Waals surface area contributed by atoms with E-state index in [2.05, 4.69) is 15.3 Å². The van der Waals surface area contributed by atoms with Gasteiger partial charge in [-0.2, -0.15) is 9.61 Å². The molecule has 0 fully saturated rings. The monoisotopic (exact) mass is 368 g/mol. The first-order valence-electron chi connectivity index (χ1n) is 7.53. The summed E-state index contributed by atoms with van der Waals surface area (Å²) in [6.07, 6.45) is 3.97.